The van der Waals surface area contributed by atoms with Crippen molar-refractivity contribution >= 4 is 42.0 Å². The first-order valence-corrected chi connectivity index (χ1v) is 5.58. The lowest BCUT2D eigenvalue weighted by atomic mass is 10.2. The zero-order valence-corrected chi connectivity index (χ0v) is 10.4. The number of hydrogen-bond donors (Lipinski definition) is 1. The molecule has 0 spiro atoms. The van der Waals surface area contributed by atoms with E-state index in [1.54, 1.807) is 0 Å². The van der Waals surface area contributed by atoms with Crippen LogP contribution < -0.4 is 0 Å². The SMILES string of the molecule is O=C(ON1C(=O)C=CC1=O)c1ccc(Cl)c(S)c1. The molecule has 5 nitrogen and oxygen atoms in total. The van der Waals surface area contributed by atoms with Crippen LogP contribution in [0.25, 0.3) is 0 Å². The minimum Gasteiger partial charge on any atom is -0.324 e. The summed E-state index contributed by atoms with van der Waals surface area (Å²) in [5.41, 5.74) is 0.136. The van der Waals surface area contributed by atoms with Crippen LogP contribution in [0.2, 0.25) is 5.02 Å². The second-order valence-electron chi connectivity index (χ2n) is 3.35. The van der Waals surface area contributed by atoms with E-state index >= 15 is 0 Å². The number of amides is 2. The Bertz CT molecular complexity index is 566. The quantitative estimate of drug-likeness (QED) is 0.662. The van der Waals surface area contributed by atoms with Gasteiger partial charge in [0.05, 0.1) is 10.6 Å². The van der Waals surface area contributed by atoms with Crippen LogP contribution >= 0.6 is 24.2 Å². The monoisotopic (exact) mass is 283 g/mol. The van der Waals surface area contributed by atoms with Crippen LogP contribution in [0.5, 0.6) is 0 Å². The van der Waals surface area contributed by atoms with E-state index in [1.807, 2.05) is 0 Å². The largest absolute Gasteiger partial charge is 0.363 e. The summed E-state index contributed by atoms with van der Waals surface area (Å²) < 4.78 is 0. The molecule has 0 bridgehead atoms. The van der Waals surface area contributed by atoms with Gasteiger partial charge in [0.25, 0.3) is 11.8 Å². The molecule has 0 N–H and O–H groups in total. The highest BCUT2D eigenvalue weighted by Crippen LogP contribution is 2.21. The number of halogens is 1. The summed E-state index contributed by atoms with van der Waals surface area (Å²) in [4.78, 5) is 39.1. The van der Waals surface area contributed by atoms with Crippen LogP contribution in [0.1, 0.15) is 10.4 Å². The molecule has 0 saturated heterocycles. The molecule has 1 aromatic carbocycles. The first-order chi connectivity index (χ1) is 8.49. The van der Waals surface area contributed by atoms with Crippen molar-refractivity contribution in [2.75, 3.05) is 0 Å². The smallest absolute Gasteiger partial charge is 0.324 e. The molecule has 1 aliphatic heterocycles. The van der Waals surface area contributed by atoms with Gasteiger partial charge in [0.1, 0.15) is 0 Å². The first-order valence-electron chi connectivity index (χ1n) is 4.76. The number of hydrogen-bond acceptors (Lipinski definition) is 5. The van der Waals surface area contributed by atoms with Gasteiger partial charge in [-0.3, -0.25) is 9.59 Å². The molecule has 0 atom stereocenters. The van der Waals surface area contributed by atoms with Crippen LogP contribution in [0.15, 0.2) is 35.2 Å². The van der Waals surface area contributed by atoms with Gasteiger partial charge < -0.3 is 4.84 Å². The van der Waals surface area contributed by atoms with E-state index in [1.165, 1.54) is 18.2 Å². The Kier molecular flexibility index (Phi) is 3.40. The average molecular weight is 284 g/mol. The summed E-state index contributed by atoms with van der Waals surface area (Å²) in [6.07, 6.45) is 2.03. The average Bonchev–Trinajstić information content (AvgIpc) is 2.64. The molecule has 0 aromatic heterocycles. The van der Waals surface area contributed by atoms with E-state index in [9.17, 15) is 14.4 Å². The lowest BCUT2D eigenvalue weighted by Crippen LogP contribution is -2.32. The van der Waals surface area contributed by atoms with E-state index < -0.39 is 17.8 Å². The predicted octanol–water partition coefficient (Wildman–Crippen LogP) is 1.63. The number of rotatable bonds is 2. The summed E-state index contributed by atoms with van der Waals surface area (Å²) >= 11 is 9.79. The zero-order valence-electron chi connectivity index (χ0n) is 8.79. The molecule has 2 amide bonds. The fourth-order valence-electron chi connectivity index (χ4n) is 1.25. The standard InChI is InChI=1S/C11H6ClNO4S/c12-7-2-1-6(5-8(7)18)11(16)17-13-9(14)3-4-10(13)15/h1-5,18H. The number of thiol groups is 1. The number of carbonyl (C=O) groups is 3. The topological polar surface area (TPSA) is 63.7 Å². The molecule has 1 heterocycles. The van der Waals surface area contributed by atoms with E-state index in [4.69, 9.17) is 11.6 Å². The molecular formula is C11H6ClNO4S. The summed E-state index contributed by atoms with van der Waals surface area (Å²) in [5, 5.41) is 0.764. The Morgan fingerprint density at radius 2 is 1.83 bits per heavy atom. The molecule has 18 heavy (non-hydrogen) atoms. The van der Waals surface area contributed by atoms with Gasteiger partial charge >= 0.3 is 5.97 Å². The van der Waals surface area contributed by atoms with Crippen LogP contribution in [0.4, 0.5) is 0 Å². The maximum absolute atomic E-state index is 11.7. The van der Waals surface area contributed by atoms with Gasteiger partial charge in [0, 0.05) is 17.0 Å². The second kappa shape index (κ2) is 4.83. The molecule has 0 fully saturated rings. The Hall–Kier alpha value is -1.79. The lowest BCUT2D eigenvalue weighted by molar-refractivity contribution is -0.170. The van der Waals surface area contributed by atoms with Crippen LogP contribution in [-0.4, -0.2) is 22.8 Å². The summed E-state index contributed by atoms with van der Waals surface area (Å²) in [6, 6.07) is 4.25. The summed E-state index contributed by atoms with van der Waals surface area (Å²) in [5.74, 6) is -2.24. The van der Waals surface area contributed by atoms with E-state index in [2.05, 4.69) is 17.5 Å². The predicted molar refractivity (Wildman–Crippen MR) is 65.1 cm³/mol. The number of nitrogens with zero attached hydrogens (tertiary/aromatic N) is 1. The van der Waals surface area contributed by atoms with Crippen LogP contribution in [0.3, 0.4) is 0 Å². The molecule has 0 aliphatic carbocycles. The molecule has 1 aromatic rings. The van der Waals surface area contributed by atoms with E-state index in [0.717, 1.165) is 12.2 Å². The van der Waals surface area contributed by atoms with Crippen LogP contribution in [-0.2, 0) is 14.4 Å². The normalized spacial score (nSPS) is 14.2. The second-order valence-corrected chi connectivity index (χ2v) is 4.24. The van der Waals surface area contributed by atoms with Gasteiger partial charge in [-0.2, -0.15) is 0 Å². The van der Waals surface area contributed by atoms with Crippen molar-refractivity contribution in [3.63, 3.8) is 0 Å². The number of benzene rings is 1. The molecule has 7 heteroatoms. The van der Waals surface area contributed by atoms with Gasteiger partial charge in [-0.1, -0.05) is 16.7 Å². The van der Waals surface area contributed by atoms with Crippen molar-refractivity contribution in [2.24, 2.45) is 0 Å². The van der Waals surface area contributed by atoms with Crippen molar-refractivity contribution in [2.45, 2.75) is 4.90 Å². The molecular weight excluding hydrogens is 278 g/mol. The molecule has 0 saturated carbocycles. The third kappa shape index (κ3) is 2.39. The van der Waals surface area contributed by atoms with Crippen molar-refractivity contribution in [1.82, 2.24) is 5.06 Å². The van der Waals surface area contributed by atoms with Gasteiger partial charge in [-0.05, 0) is 18.2 Å². The number of carbonyl (C=O) groups excluding carboxylic acids is 3. The van der Waals surface area contributed by atoms with Crippen molar-refractivity contribution in [3.05, 3.63) is 40.9 Å². The van der Waals surface area contributed by atoms with Crippen molar-refractivity contribution in [3.8, 4) is 0 Å². The Morgan fingerprint density at radius 1 is 1.22 bits per heavy atom. The van der Waals surface area contributed by atoms with Crippen molar-refractivity contribution in [1.29, 1.82) is 0 Å². The third-order valence-electron chi connectivity index (χ3n) is 2.12. The number of hydroxylamine groups is 2. The highest BCUT2D eigenvalue weighted by molar-refractivity contribution is 7.80. The molecule has 2 rings (SSSR count). The summed E-state index contributed by atoms with van der Waals surface area (Å²) in [6.45, 7) is 0. The molecule has 92 valence electrons. The fraction of sp³-hybridized carbons (Fsp3) is 0. The van der Waals surface area contributed by atoms with Gasteiger partial charge in [-0.15, -0.1) is 12.6 Å². The number of imide groups is 1. The van der Waals surface area contributed by atoms with E-state index in [-0.39, 0.29) is 5.56 Å². The molecule has 1 aliphatic rings. The minimum absolute atomic E-state index is 0.136. The maximum Gasteiger partial charge on any atom is 0.363 e. The minimum atomic E-state index is -0.840. The van der Waals surface area contributed by atoms with Crippen LogP contribution in [0, 0.1) is 0 Å². The molecule has 0 radical (unpaired) electrons. The Morgan fingerprint density at radius 3 is 2.39 bits per heavy atom. The lowest BCUT2D eigenvalue weighted by Gasteiger charge is -2.12. The van der Waals surface area contributed by atoms with Gasteiger partial charge in [0.15, 0.2) is 0 Å². The van der Waals surface area contributed by atoms with Gasteiger partial charge in [0.2, 0.25) is 0 Å². The van der Waals surface area contributed by atoms with Gasteiger partial charge in [-0.25, -0.2) is 4.79 Å². The maximum atomic E-state index is 11.7. The highest BCUT2D eigenvalue weighted by Gasteiger charge is 2.28. The Labute approximate surface area is 112 Å². The summed E-state index contributed by atoms with van der Waals surface area (Å²) in [7, 11) is 0. The highest BCUT2D eigenvalue weighted by atomic mass is 35.5. The third-order valence-corrected chi connectivity index (χ3v) is 2.96. The Balaban J connectivity index is 2.15. The first kappa shape index (κ1) is 12.7. The zero-order chi connectivity index (χ0) is 13.3. The van der Waals surface area contributed by atoms with Crippen molar-refractivity contribution < 1.29 is 19.2 Å². The molecule has 0 unspecified atom stereocenters. The van der Waals surface area contributed by atoms with E-state index in [0.29, 0.717) is 15.0 Å². The fourth-order valence-corrected chi connectivity index (χ4v) is 1.58.